The molecule has 6 nitrogen and oxygen atoms in total. The van der Waals surface area contributed by atoms with Crippen molar-refractivity contribution in [3.8, 4) is 5.69 Å². The van der Waals surface area contributed by atoms with Crippen molar-refractivity contribution >= 4 is 23.3 Å². The summed E-state index contributed by atoms with van der Waals surface area (Å²) in [5.41, 5.74) is 4.13. The molecule has 0 fully saturated rings. The molecule has 1 N–H and O–H groups in total. The maximum absolute atomic E-state index is 11.2. The quantitative estimate of drug-likeness (QED) is 0.742. The lowest BCUT2D eigenvalue weighted by Gasteiger charge is -2.14. The highest BCUT2D eigenvalue weighted by atomic mass is 35.5. The summed E-state index contributed by atoms with van der Waals surface area (Å²) in [5.74, 6) is -0.146. The normalized spacial score (nSPS) is 15.5. The van der Waals surface area contributed by atoms with Crippen LogP contribution < -0.4 is 0 Å². The van der Waals surface area contributed by atoms with Gasteiger partial charge in [0, 0.05) is 35.1 Å². The van der Waals surface area contributed by atoms with Crippen molar-refractivity contribution in [3.05, 3.63) is 76.6 Å². The van der Waals surface area contributed by atoms with Gasteiger partial charge in [0.15, 0.2) is 0 Å². The van der Waals surface area contributed by atoms with Gasteiger partial charge in [0.25, 0.3) is 0 Å². The van der Waals surface area contributed by atoms with Gasteiger partial charge in [-0.2, -0.15) is 0 Å². The summed E-state index contributed by atoms with van der Waals surface area (Å²) < 4.78 is 2.01. The molecule has 1 aromatic carbocycles. The van der Waals surface area contributed by atoms with Crippen molar-refractivity contribution in [1.82, 2.24) is 14.5 Å². The molecule has 0 saturated carbocycles. The van der Waals surface area contributed by atoms with E-state index in [0.717, 1.165) is 22.6 Å². The topological polar surface area (TPSA) is 80.4 Å². The Balaban J connectivity index is 1.97. The third kappa shape index (κ3) is 3.24. The van der Waals surface area contributed by atoms with Gasteiger partial charge in [-0.15, -0.1) is 0 Å². The molecule has 0 radical (unpaired) electrons. The fourth-order valence-electron chi connectivity index (χ4n) is 3.34. The minimum Gasteiger partial charge on any atom is -0.481 e. The molecular weight excluding hydrogens is 364 g/mol. The molecule has 27 heavy (non-hydrogen) atoms. The lowest BCUT2D eigenvalue weighted by Crippen LogP contribution is -2.09. The summed E-state index contributed by atoms with van der Waals surface area (Å²) in [7, 11) is 0. The Labute approximate surface area is 161 Å². The number of carboxylic acid groups (broad SMARTS) is 1. The molecule has 1 aliphatic heterocycles. The van der Waals surface area contributed by atoms with E-state index in [2.05, 4.69) is 9.97 Å². The van der Waals surface area contributed by atoms with E-state index in [0.29, 0.717) is 23.0 Å². The first-order chi connectivity index (χ1) is 13.0. The zero-order valence-electron chi connectivity index (χ0n) is 14.6. The Bertz CT molecular complexity index is 1040. The van der Waals surface area contributed by atoms with Crippen molar-refractivity contribution in [2.24, 2.45) is 4.99 Å². The van der Waals surface area contributed by atoms with Crippen LogP contribution in [-0.4, -0.2) is 31.3 Å². The summed E-state index contributed by atoms with van der Waals surface area (Å²) in [4.78, 5) is 25.0. The fourth-order valence-corrected chi connectivity index (χ4v) is 3.50. The first kappa shape index (κ1) is 17.4. The Kier molecular flexibility index (Phi) is 4.49. The van der Waals surface area contributed by atoms with E-state index in [1.807, 2.05) is 47.9 Å². The van der Waals surface area contributed by atoms with E-state index >= 15 is 0 Å². The molecule has 0 aliphatic carbocycles. The number of nitrogens with zero attached hydrogens (tertiary/aromatic N) is 4. The number of hydrogen-bond acceptors (Lipinski definition) is 4. The molecular formula is C20H17ClN4O2. The second kappa shape index (κ2) is 6.96. The van der Waals surface area contributed by atoms with Crippen LogP contribution in [0.15, 0.2) is 53.8 Å². The van der Waals surface area contributed by atoms with Crippen molar-refractivity contribution in [3.63, 3.8) is 0 Å². The maximum atomic E-state index is 11.2. The molecule has 1 aliphatic rings. The predicted octanol–water partition coefficient (Wildman–Crippen LogP) is 3.99. The van der Waals surface area contributed by atoms with E-state index in [-0.39, 0.29) is 6.42 Å². The number of halogens is 1. The lowest BCUT2D eigenvalue weighted by atomic mass is 10.0. The number of carbonyl (C=O) groups is 1. The Hall–Kier alpha value is -2.99. The van der Waals surface area contributed by atoms with Crippen LogP contribution in [-0.2, 0) is 4.79 Å². The summed E-state index contributed by atoms with van der Waals surface area (Å²) in [5, 5.41) is 9.76. The number of imidazole rings is 1. The van der Waals surface area contributed by atoms with Gasteiger partial charge in [-0.25, -0.2) is 4.98 Å². The van der Waals surface area contributed by atoms with Gasteiger partial charge in [-0.05, 0) is 43.7 Å². The minimum absolute atomic E-state index is 0.00662. The fraction of sp³-hybridized carbons (Fsp3) is 0.200. The van der Waals surface area contributed by atoms with Crippen LogP contribution in [0.1, 0.15) is 41.7 Å². The zero-order valence-corrected chi connectivity index (χ0v) is 15.4. The molecule has 136 valence electrons. The second-order valence-corrected chi connectivity index (χ2v) is 6.83. The number of carboxylic acids is 1. The van der Waals surface area contributed by atoms with Gasteiger partial charge in [-0.1, -0.05) is 17.7 Å². The van der Waals surface area contributed by atoms with Crippen LogP contribution in [0.2, 0.25) is 5.02 Å². The van der Waals surface area contributed by atoms with E-state index < -0.39 is 12.0 Å². The van der Waals surface area contributed by atoms with E-state index in [9.17, 15) is 4.79 Å². The third-order valence-electron chi connectivity index (χ3n) is 4.54. The molecule has 3 heterocycles. The first-order valence-electron chi connectivity index (χ1n) is 8.60. The number of aliphatic imine (C=N–C) groups is 1. The summed E-state index contributed by atoms with van der Waals surface area (Å²) in [6, 6.07) is 10.9. The maximum Gasteiger partial charge on any atom is 0.303 e. The van der Waals surface area contributed by atoms with Crippen molar-refractivity contribution in [2.75, 3.05) is 0 Å². The van der Waals surface area contributed by atoms with Crippen LogP contribution in [0.4, 0.5) is 0 Å². The number of aromatic nitrogens is 3. The molecule has 0 unspecified atom stereocenters. The highest BCUT2D eigenvalue weighted by Gasteiger charge is 2.28. The number of pyridine rings is 1. The molecule has 0 saturated heterocycles. The summed E-state index contributed by atoms with van der Waals surface area (Å²) in [6.07, 6.45) is 3.85. The smallest absolute Gasteiger partial charge is 0.303 e. The van der Waals surface area contributed by atoms with Crippen LogP contribution in [0.5, 0.6) is 0 Å². The summed E-state index contributed by atoms with van der Waals surface area (Å²) in [6.45, 7) is 1.96. The van der Waals surface area contributed by atoms with Crippen LogP contribution >= 0.6 is 11.6 Å². The highest BCUT2D eigenvalue weighted by Crippen LogP contribution is 2.34. The Morgan fingerprint density at radius 1 is 1.26 bits per heavy atom. The molecule has 0 spiro atoms. The highest BCUT2D eigenvalue weighted by molar-refractivity contribution is 6.31. The Morgan fingerprint density at radius 2 is 2.11 bits per heavy atom. The molecule has 4 rings (SSSR count). The number of aliphatic carboxylic acids is 1. The molecule has 0 amide bonds. The number of hydrogen-bond donors (Lipinski definition) is 1. The van der Waals surface area contributed by atoms with E-state index in [4.69, 9.17) is 21.7 Å². The molecule has 2 aromatic heterocycles. The molecule has 3 aromatic rings. The SMILES string of the molecule is Cc1cnc2n1-c1cc(Cl)ccc1C(c1ccccn1)=N[C@H]2CCC(=O)O. The van der Waals surface area contributed by atoms with Crippen molar-refractivity contribution in [1.29, 1.82) is 0 Å². The zero-order chi connectivity index (χ0) is 19.0. The van der Waals surface area contributed by atoms with Crippen molar-refractivity contribution in [2.45, 2.75) is 25.8 Å². The lowest BCUT2D eigenvalue weighted by molar-refractivity contribution is -0.137. The van der Waals surface area contributed by atoms with E-state index in [1.54, 1.807) is 12.4 Å². The third-order valence-corrected chi connectivity index (χ3v) is 4.78. The van der Waals surface area contributed by atoms with E-state index in [1.165, 1.54) is 0 Å². The molecule has 7 heteroatoms. The monoisotopic (exact) mass is 380 g/mol. The first-order valence-corrected chi connectivity index (χ1v) is 8.98. The van der Waals surface area contributed by atoms with Gasteiger partial charge in [0.05, 0.1) is 17.1 Å². The van der Waals surface area contributed by atoms with Gasteiger partial charge >= 0.3 is 5.97 Å². The molecule has 0 bridgehead atoms. The van der Waals surface area contributed by atoms with Gasteiger partial charge < -0.3 is 5.11 Å². The average molecular weight is 381 g/mol. The number of benzene rings is 1. The number of fused-ring (bicyclic) bond motifs is 3. The predicted molar refractivity (Wildman–Crippen MR) is 103 cm³/mol. The second-order valence-electron chi connectivity index (χ2n) is 6.40. The number of aryl methyl sites for hydroxylation is 1. The van der Waals surface area contributed by atoms with Gasteiger partial charge in [-0.3, -0.25) is 19.3 Å². The number of rotatable bonds is 4. The van der Waals surface area contributed by atoms with Crippen LogP contribution in [0.25, 0.3) is 5.69 Å². The largest absolute Gasteiger partial charge is 0.481 e. The Morgan fingerprint density at radius 3 is 2.85 bits per heavy atom. The summed E-state index contributed by atoms with van der Waals surface area (Å²) >= 11 is 6.28. The van der Waals surface area contributed by atoms with Crippen LogP contribution in [0, 0.1) is 6.92 Å². The standard InChI is InChI=1S/C20H17ClN4O2/c1-12-11-23-20-16(7-8-18(26)27)24-19(15-4-2-3-9-22-15)14-6-5-13(21)10-17(14)25(12)20/h2-6,9-11,16H,7-8H2,1H3,(H,26,27)/t16-/m0/s1. The van der Waals surface area contributed by atoms with Gasteiger partial charge in [0.2, 0.25) is 0 Å². The van der Waals surface area contributed by atoms with Crippen LogP contribution in [0.3, 0.4) is 0 Å². The average Bonchev–Trinajstić information content (AvgIpc) is 2.97. The van der Waals surface area contributed by atoms with Crippen molar-refractivity contribution < 1.29 is 9.90 Å². The minimum atomic E-state index is -0.857. The molecule has 1 atom stereocenters. The van der Waals surface area contributed by atoms with Gasteiger partial charge in [0.1, 0.15) is 11.9 Å².